The van der Waals surface area contributed by atoms with Gasteiger partial charge in [-0.25, -0.2) is 0 Å². The molecular formula is C5H6O2. The van der Waals surface area contributed by atoms with Crippen LogP contribution in [0.5, 0.6) is 0 Å². The maximum absolute atomic E-state index is 9.76. The lowest BCUT2D eigenvalue weighted by Gasteiger charge is -1.64. The number of carbonyl (C=O) groups excluding carboxylic acids is 1. The van der Waals surface area contributed by atoms with Gasteiger partial charge in [0.05, 0.1) is 0 Å². The van der Waals surface area contributed by atoms with Crippen LogP contribution in [-0.4, -0.2) is 18.5 Å². The van der Waals surface area contributed by atoms with Gasteiger partial charge in [0.2, 0.25) is 0 Å². The highest BCUT2D eigenvalue weighted by molar-refractivity contribution is 5.61. The summed E-state index contributed by atoms with van der Waals surface area (Å²) >= 11 is 0. The van der Waals surface area contributed by atoms with Crippen molar-refractivity contribution in [1.82, 2.24) is 0 Å². The van der Waals surface area contributed by atoms with Crippen molar-refractivity contribution in [3.63, 3.8) is 0 Å². The zero-order valence-electron chi connectivity index (χ0n) is 3.83. The van der Waals surface area contributed by atoms with Crippen molar-refractivity contribution in [2.75, 3.05) is 0 Å². The molecule has 1 aliphatic heterocycles. The Labute approximate surface area is 41.8 Å². The van der Waals surface area contributed by atoms with E-state index in [0.29, 0.717) is 0 Å². The second-order valence-electron chi connectivity index (χ2n) is 1.44. The van der Waals surface area contributed by atoms with Crippen molar-refractivity contribution in [2.45, 2.75) is 12.2 Å². The van der Waals surface area contributed by atoms with Crippen LogP contribution in [0.3, 0.4) is 0 Å². The lowest BCUT2D eigenvalue weighted by atomic mass is 10.3. The van der Waals surface area contributed by atoms with E-state index in [-0.39, 0.29) is 12.2 Å². The number of aldehydes is 1. The molecule has 0 aromatic heterocycles. The molecular weight excluding hydrogens is 92.1 g/mol. The fraction of sp³-hybridized carbons (Fsp3) is 0.400. The van der Waals surface area contributed by atoms with E-state index in [1.54, 1.807) is 6.08 Å². The molecule has 0 N–H and O–H groups in total. The molecule has 0 bridgehead atoms. The Morgan fingerprint density at radius 1 is 1.57 bits per heavy atom. The Balaban J connectivity index is 2.30. The molecule has 2 heteroatoms. The van der Waals surface area contributed by atoms with Crippen LogP contribution < -0.4 is 0 Å². The van der Waals surface area contributed by atoms with Gasteiger partial charge in [0.15, 0.2) is 6.29 Å². The first kappa shape index (κ1) is 4.53. The molecule has 0 aromatic carbocycles. The van der Waals surface area contributed by atoms with E-state index in [4.69, 9.17) is 4.74 Å². The van der Waals surface area contributed by atoms with Crippen molar-refractivity contribution in [1.29, 1.82) is 0 Å². The molecule has 38 valence electrons. The van der Waals surface area contributed by atoms with E-state index in [1.807, 2.05) is 0 Å². The standard InChI is InChI=1S/C5H6O2/c1-2-4-5(3-6)7-4/h2-5H,1H2. The third-order valence-electron chi connectivity index (χ3n) is 0.928. The Bertz CT molecular complexity index is 86.3. The van der Waals surface area contributed by atoms with E-state index in [9.17, 15) is 4.79 Å². The molecule has 0 aromatic rings. The summed E-state index contributed by atoms with van der Waals surface area (Å²) < 4.78 is 4.73. The summed E-state index contributed by atoms with van der Waals surface area (Å²) in [5.74, 6) is 0. The Morgan fingerprint density at radius 2 is 2.29 bits per heavy atom. The molecule has 1 saturated heterocycles. The fourth-order valence-electron chi connectivity index (χ4n) is 0.435. The highest BCUT2D eigenvalue weighted by Crippen LogP contribution is 2.19. The molecule has 1 fully saturated rings. The van der Waals surface area contributed by atoms with Crippen LogP contribution in [0.15, 0.2) is 12.7 Å². The molecule has 0 amide bonds. The highest BCUT2D eigenvalue weighted by atomic mass is 16.6. The van der Waals surface area contributed by atoms with E-state index in [1.165, 1.54) is 0 Å². The lowest BCUT2D eigenvalue weighted by Crippen LogP contribution is -1.88. The molecule has 0 radical (unpaired) electrons. The third-order valence-corrected chi connectivity index (χ3v) is 0.928. The van der Waals surface area contributed by atoms with Gasteiger partial charge in [0.25, 0.3) is 0 Å². The Morgan fingerprint density at radius 3 is 2.43 bits per heavy atom. The maximum atomic E-state index is 9.76. The van der Waals surface area contributed by atoms with E-state index < -0.39 is 0 Å². The van der Waals surface area contributed by atoms with Gasteiger partial charge in [-0.2, -0.15) is 0 Å². The second kappa shape index (κ2) is 1.46. The maximum Gasteiger partial charge on any atom is 0.151 e. The summed E-state index contributed by atoms with van der Waals surface area (Å²) in [4.78, 5) is 9.76. The predicted molar refractivity (Wildman–Crippen MR) is 24.9 cm³/mol. The molecule has 0 saturated carbocycles. The van der Waals surface area contributed by atoms with E-state index >= 15 is 0 Å². The summed E-state index contributed by atoms with van der Waals surface area (Å²) in [5.41, 5.74) is 0. The first-order valence-corrected chi connectivity index (χ1v) is 2.12. The minimum absolute atomic E-state index is 0.0116. The van der Waals surface area contributed by atoms with Crippen molar-refractivity contribution in [2.24, 2.45) is 0 Å². The third kappa shape index (κ3) is 0.695. The summed E-state index contributed by atoms with van der Waals surface area (Å²) in [6.45, 7) is 3.44. The quantitative estimate of drug-likeness (QED) is 0.279. The van der Waals surface area contributed by atoms with Gasteiger partial charge in [0, 0.05) is 0 Å². The van der Waals surface area contributed by atoms with Gasteiger partial charge < -0.3 is 9.53 Å². The number of rotatable bonds is 2. The van der Waals surface area contributed by atoms with Crippen LogP contribution in [0.2, 0.25) is 0 Å². The van der Waals surface area contributed by atoms with Crippen LogP contribution in [-0.2, 0) is 9.53 Å². The molecule has 2 unspecified atom stereocenters. The van der Waals surface area contributed by atoms with Crippen LogP contribution in [0.1, 0.15) is 0 Å². The molecule has 1 rings (SSSR count). The topological polar surface area (TPSA) is 29.6 Å². The monoisotopic (exact) mass is 98.0 g/mol. The Hall–Kier alpha value is -0.630. The fourth-order valence-corrected chi connectivity index (χ4v) is 0.435. The van der Waals surface area contributed by atoms with Gasteiger partial charge in [-0.1, -0.05) is 6.08 Å². The summed E-state index contributed by atoms with van der Waals surface area (Å²) in [7, 11) is 0. The zero-order valence-corrected chi connectivity index (χ0v) is 3.83. The first-order chi connectivity index (χ1) is 3.38. The SMILES string of the molecule is C=CC1OC1C=O. The number of carbonyl (C=O) groups is 1. The van der Waals surface area contributed by atoms with Crippen molar-refractivity contribution < 1.29 is 9.53 Å². The highest BCUT2D eigenvalue weighted by Gasteiger charge is 2.35. The van der Waals surface area contributed by atoms with Crippen molar-refractivity contribution in [3.05, 3.63) is 12.7 Å². The van der Waals surface area contributed by atoms with Gasteiger partial charge in [0.1, 0.15) is 12.2 Å². The molecule has 0 spiro atoms. The second-order valence-corrected chi connectivity index (χ2v) is 1.44. The van der Waals surface area contributed by atoms with Gasteiger partial charge in [-0.15, -0.1) is 6.58 Å². The van der Waals surface area contributed by atoms with E-state index in [2.05, 4.69) is 6.58 Å². The van der Waals surface area contributed by atoms with Gasteiger partial charge >= 0.3 is 0 Å². The zero-order chi connectivity index (χ0) is 5.28. The molecule has 0 aliphatic carbocycles. The molecule has 1 heterocycles. The molecule has 7 heavy (non-hydrogen) atoms. The van der Waals surface area contributed by atoms with Crippen molar-refractivity contribution >= 4 is 6.29 Å². The number of hydrogen-bond donors (Lipinski definition) is 0. The molecule has 2 nitrogen and oxygen atoms in total. The first-order valence-electron chi connectivity index (χ1n) is 2.12. The van der Waals surface area contributed by atoms with Gasteiger partial charge in [-0.05, 0) is 0 Å². The Kier molecular flexibility index (Phi) is 0.947. The van der Waals surface area contributed by atoms with Crippen molar-refractivity contribution in [3.8, 4) is 0 Å². The smallest absolute Gasteiger partial charge is 0.151 e. The average molecular weight is 98.1 g/mol. The number of epoxide rings is 1. The normalized spacial score (nSPS) is 37.1. The van der Waals surface area contributed by atoms with Crippen LogP contribution in [0.25, 0.3) is 0 Å². The lowest BCUT2D eigenvalue weighted by molar-refractivity contribution is -0.108. The largest absolute Gasteiger partial charge is 0.357 e. The minimum atomic E-state index is -0.183. The summed E-state index contributed by atoms with van der Waals surface area (Å²) in [5, 5.41) is 0. The number of hydrogen-bond acceptors (Lipinski definition) is 2. The van der Waals surface area contributed by atoms with Crippen LogP contribution >= 0.6 is 0 Å². The van der Waals surface area contributed by atoms with Crippen LogP contribution in [0, 0.1) is 0 Å². The predicted octanol–water partition coefficient (Wildman–Crippen LogP) is 0.139. The molecule has 1 aliphatic rings. The van der Waals surface area contributed by atoms with Crippen LogP contribution in [0.4, 0.5) is 0 Å². The number of ether oxygens (including phenoxy) is 1. The van der Waals surface area contributed by atoms with E-state index in [0.717, 1.165) is 6.29 Å². The van der Waals surface area contributed by atoms with Gasteiger partial charge in [-0.3, -0.25) is 0 Å². The average Bonchev–Trinajstić information content (AvgIpc) is 2.43. The molecule has 2 atom stereocenters. The minimum Gasteiger partial charge on any atom is -0.357 e. The summed E-state index contributed by atoms with van der Waals surface area (Å²) in [6.07, 6.45) is 2.24. The summed E-state index contributed by atoms with van der Waals surface area (Å²) in [6, 6.07) is 0.